The Labute approximate surface area is 334 Å². The van der Waals surface area contributed by atoms with E-state index in [-0.39, 0.29) is 16.6 Å². The summed E-state index contributed by atoms with van der Waals surface area (Å²) >= 11 is 5.80. The summed E-state index contributed by atoms with van der Waals surface area (Å²) < 4.78 is 3.41. The molecule has 2 atom stereocenters. The third-order valence-corrected chi connectivity index (χ3v) is 11.8. The number of pyridine rings is 2. The number of rotatable bonds is 11. The lowest BCUT2D eigenvalue weighted by Gasteiger charge is -2.34. The van der Waals surface area contributed by atoms with E-state index in [0.717, 1.165) is 53.8 Å². The molecule has 2 amide bonds. The summed E-state index contributed by atoms with van der Waals surface area (Å²) in [6, 6.07) is 17.4. The van der Waals surface area contributed by atoms with Gasteiger partial charge in [0, 0.05) is 85.3 Å². The molecule has 12 nitrogen and oxygen atoms in total. The average molecular weight is 786 g/mol. The molecule has 0 radical (unpaired) electrons. The van der Waals surface area contributed by atoms with Crippen LogP contribution in [0.3, 0.4) is 0 Å². The quantitative estimate of drug-likeness (QED) is 0.0627. The number of nitrogens with one attached hydrogen (secondary N) is 3. The maximum absolute atomic E-state index is 13.6. The third kappa shape index (κ3) is 8.07. The highest BCUT2D eigenvalue weighted by molar-refractivity contribution is 7.80. The highest BCUT2D eigenvalue weighted by Gasteiger charge is 2.32. The van der Waals surface area contributed by atoms with E-state index in [1.54, 1.807) is 18.5 Å². The zero-order valence-electron chi connectivity index (χ0n) is 31.3. The number of thiol groups is 1. The summed E-state index contributed by atoms with van der Waals surface area (Å²) in [6.07, 6.45) is 10.1. The number of aromatic nitrogens is 5. The summed E-state index contributed by atoms with van der Waals surface area (Å²) in [5.41, 5.74) is 4.91. The second-order valence-electron chi connectivity index (χ2n) is 14.5. The summed E-state index contributed by atoms with van der Waals surface area (Å²) in [6.45, 7) is 7.61. The number of nitrogens with zero attached hydrogens (tertiary/aromatic N) is 6. The van der Waals surface area contributed by atoms with Crippen molar-refractivity contribution in [2.24, 2.45) is 0 Å². The predicted octanol–water partition coefficient (Wildman–Crippen LogP) is 4.96. The molecule has 3 N–H and O–H groups in total. The van der Waals surface area contributed by atoms with Gasteiger partial charge in [-0.05, 0) is 93.5 Å². The molecule has 0 unspecified atom stereocenters. The van der Waals surface area contributed by atoms with E-state index in [1.165, 1.54) is 40.0 Å². The fourth-order valence-electron chi connectivity index (χ4n) is 7.61. The molecule has 2 fully saturated rings. The molecule has 14 heteroatoms. The molecule has 8 rings (SSSR count). The van der Waals surface area contributed by atoms with Crippen molar-refractivity contribution in [3.05, 3.63) is 105 Å². The largest absolute Gasteiger partial charge is 0.368 e. The normalized spacial score (nSPS) is 16.2. The Balaban J connectivity index is 0.799. The summed E-state index contributed by atoms with van der Waals surface area (Å²) in [4.78, 5) is 56.5. The zero-order chi connectivity index (χ0) is 38.8. The van der Waals surface area contributed by atoms with Crippen LogP contribution >= 0.6 is 24.0 Å². The molecule has 0 spiro atoms. The molecule has 2 bridgehead atoms. The second-order valence-corrected chi connectivity index (χ2v) is 16.1. The molecular formula is C42H43N9O3S2. The molecule has 6 aromatic rings. The van der Waals surface area contributed by atoms with Crippen LogP contribution in [0.15, 0.2) is 77.1 Å². The van der Waals surface area contributed by atoms with E-state index >= 15 is 0 Å². The topological polar surface area (TPSA) is 139 Å². The first kappa shape index (κ1) is 37.4. The minimum Gasteiger partial charge on any atom is -0.368 e. The van der Waals surface area contributed by atoms with Gasteiger partial charge in [-0.3, -0.25) is 14.4 Å². The number of piperazine rings is 1. The lowest BCUT2D eigenvalue weighted by Crippen LogP contribution is -2.51. The van der Waals surface area contributed by atoms with Gasteiger partial charge in [-0.15, -0.1) is 24.0 Å². The highest BCUT2D eigenvalue weighted by Crippen LogP contribution is 2.28. The fraction of sp³-hybridized carbons (Fsp3) is 0.333. The van der Waals surface area contributed by atoms with E-state index in [4.69, 9.17) is 0 Å². The fourth-order valence-corrected chi connectivity index (χ4v) is 8.94. The van der Waals surface area contributed by atoms with Crippen LogP contribution < -0.4 is 26.4 Å². The number of aryl methyl sites for hydroxylation is 3. The molecule has 2 aliphatic heterocycles. The van der Waals surface area contributed by atoms with Crippen LogP contribution in [-0.4, -0.2) is 74.2 Å². The van der Waals surface area contributed by atoms with E-state index < -0.39 is 5.91 Å². The molecule has 5 aromatic heterocycles. The van der Waals surface area contributed by atoms with Crippen molar-refractivity contribution < 1.29 is 9.59 Å². The Hall–Kier alpha value is -5.49. The zero-order valence-corrected chi connectivity index (χ0v) is 33.1. The molecule has 7 heterocycles. The van der Waals surface area contributed by atoms with E-state index in [2.05, 4.69) is 89.1 Å². The van der Waals surface area contributed by atoms with Crippen molar-refractivity contribution in [1.29, 1.82) is 0 Å². The number of fused-ring (bicyclic) bond motifs is 4. The Morgan fingerprint density at radius 3 is 2.59 bits per heavy atom. The van der Waals surface area contributed by atoms with Gasteiger partial charge < -0.3 is 25.4 Å². The molecule has 0 saturated carbocycles. The first-order chi connectivity index (χ1) is 27.2. The molecule has 2 aliphatic rings. The summed E-state index contributed by atoms with van der Waals surface area (Å²) in [5.74, 6) is 5.44. The Morgan fingerprint density at radius 2 is 1.80 bits per heavy atom. The molecule has 0 aliphatic carbocycles. The number of carbonyl (C=O) groups is 2. The number of thiophene rings is 1. The van der Waals surface area contributed by atoms with E-state index in [0.29, 0.717) is 58.9 Å². The SMILES string of the molecule is Cc1ccnc(-n2c(S)nc3sc(C)c(C#CC(=O)NCCCCn4ccc5cc(C(=O)NCCc6ccc(N7C[C@H]8CC[C@@H](C7)N8)cc6)cnc54)c3c2=O)c1. The molecule has 286 valence electrons. The van der Waals surface area contributed by atoms with Gasteiger partial charge in [0.25, 0.3) is 17.4 Å². The van der Waals surface area contributed by atoms with E-state index in [9.17, 15) is 14.4 Å². The molecule has 56 heavy (non-hydrogen) atoms. The number of unbranched alkanes of at least 4 members (excludes halogenated alkanes) is 1. The number of anilines is 1. The minimum absolute atomic E-state index is 0.138. The van der Waals surface area contributed by atoms with Crippen molar-refractivity contribution in [3.63, 3.8) is 0 Å². The van der Waals surface area contributed by atoms with Crippen molar-refractivity contribution in [3.8, 4) is 17.7 Å². The average Bonchev–Trinajstić information content (AvgIpc) is 3.86. The second kappa shape index (κ2) is 16.3. The van der Waals surface area contributed by atoms with Crippen LogP contribution in [0.4, 0.5) is 5.69 Å². The van der Waals surface area contributed by atoms with Crippen LogP contribution in [0.5, 0.6) is 0 Å². The van der Waals surface area contributed by atoms with Gasteiger partial charge >= 0.3 is 0 Å². The first-order valence-corrected chi connectivity index (χ1v) is 20.3. The number of amides is 2. The van der Waals surface area contributed by atoms with Crippen LogP contribution in [0.2, 0.25) is 0 Å². The third-order valence-electron chi connectivity index (χ3n) is 10.5. The van der Waals surface area contributed by atoms with Gasteiger partial charge in [-0.25, -0.2) is 19.5 Å². The maximum atomic E-state index is 13.6. The van der Waals surface area contributed by atoms with Gasteiger partial charge in [0.2, 0.25) is 0 Å². The summed E-state index contributed by atoms with van der Waals surface area (Å²) in [7, 11) is 0. The predicted molar refractivity (Wildman–Crippen MR) is 223 cm³/mol. The minimum atomic E-state index is -0.419. The Morgan fingerprint density at radius 1 is 1.00 bits per heavy atom. The van der Waals surface area contributed by atoms with Gasteiger partial charge in [-0.2, -0.15) is 0 Å². The molecule has 1 aromatic carbocycles. The van der Waals surface area contributed by atoms with Gasteiger partial charge in [0.05, 0.1) is 16.5 Å². The Kier molecular flexibility index (Phi) is 10.9. The lowest BCUT2D eigenvalue weighted by atomic mass is 10.1. The van der Waals surface area contributed by atoms with E-state index in [1.807, 2.05) is 38.2 Å². The number of carbonyl (C=O) groups excluding carboxylic acids is 2. The standard InChI is InChI=1S/C42H43N9O3S2/c1-26-13-17-43-35(21-26)51-41(54)37-34(27(2)56-40(37)48-42(51)55)11-12-36(52)44-16-3-4-19-49-20-15-29-22-30(23-46-38(29)49)39(53)45-18-14-28-5-9-33(10-6-28)50-24-31-7-8-32(25-50)47-31/h5-6,9-10,13,15,17,20-23,31-32,47H,3-4,7-8,14,16,18-19,24-25H2,1-2H3,(H,44,52)(H,45,53)(H,48,55)/t31-,32+. The number of hydrogen-bond donors (Lipinski definition) is 4. The highest BCUT2D eigenvalue weighted by atomic mass is 32.1. The molecule has 2 saturated heterocycles. The van der Waals surface area contributed by atoms with Crippen LogP contribution in [-0.2, 0) is 17.8 Å². The smallest absolute Gasteiger partial charge is 0.296 e. The number of hydrogen-bond acceptors (Lipinski definition) is 10. The van der Waals surface area contributed by atoms with Crippen LogP contribution in [0, 0.1) is 25.7 Å². The Bertz CT molecular complexity index is 2550. The maximum Gasteiger partial charge on any atom is 0.296 e. The first-order valence-electron chi connectivity index (χ1n) is 19.0. The van der Waals surface area contributed by atoms with Crippen molar-refractivity contribution >= 4 is 62.7 Å². The van der Waals surface area contributed by atoms with Crippen molar-refractivity contribution in [2.75, 3.05) is 31.1 Å². The monoisotopic (exact) mass is 785 g/mol. The lowest BCUT2D eigenvalue weighted by molar-refractivity contribution is -0.115. The van der Waals surface area contributed by atoms with Crippen molar-refractivity contribution in [2.45, 2.75) is 69.7 Å². The van der Waals surface area contributed by atoms with Gasteiger partial charge in [0.1, 0.15) is 16.3 Å². The van der Waals surface area contributed by atoms with Crippen molar-refractivity contribution in [1.82, 2.24) is 40.0 Å². The van der Waals surface area contributed by atoms with Gasteiger partial charge in [-0.1, -0.05) is 18.1 Å². The number of benzene rings is 1. The van der Waals surface area contributed by atoms with Crippen LogP contribution in [0.1, 0.15) is 57.6 Å². The van der Waals surface area contributed by atoms with Gasteiger partial charge in [0.15, 0.2) is 5.16 Å². The molecular weight excluding hydrogens is 743 g/mol. The summed E-state index contributed by atoms with van der Waals surface area (Å²) in [5, 5.41) is 11.1. The van der Waals surface area contributed by atoms with Crippen LogP contribution in [0.25, 0.3) is 27.1 Å².